The molecule has 0 N–H and O–H groups in total. The van der Waals surface area contributed by atoms with Crippen molar-refractivity contribution in [2.45, 2.75) is 123 Å². The van der Waals surface area contributed by atoms with Crippen LogP contribution in [-0.4, -0.2) is 24.5 Å². The van der Waals surface area contributed by atoms with Crippen LogP contribution in [0.5, 0.6) is 11.5 Å². The van der Waals surface area contributed by atoms with Crippen molar-refractivity contribution in [2.75, 3.05) is 11.5 Å². The Morgan fingerprint density at radius 2 is 1.10 bits per heavy atom. The van der Waals surface area contributed by atoms with Crippen LogP contribution in [0.1, 0.15) is 127 Å². The van der Waals surface area contributed by atoms with Gasteiger partial charge < -0.3 is 14.4 Å². The van der Waals surface area contributed by atoms with Crippen LogP contribution >= 0.6 is 0 Å². The van der Waals surface area contributed by atoms with Crippen LogP contribution < -0.4 is 14.4 Å². The van der Waals surface area contributed by atoms with Crippen molar-refractivity contribution in [1.82, 2.24) is 0 Å². The smallest absolute Gasteiger partial charge is 0.349 e. The Kier molecular flexibility index (Phi) is 15.2. The highest BCUT2D eigenvalue weighted by Crippen LogP contribution is 2.41. The summed E-state index contributed by atoms with van der Waals surface area (Å²) in [5.74, 6) is -9.44. The predicted octanol–water partition coefficient (Wildman–Crippen LogP) is 11.8. The van der Waals surface area contributed by atoms with Crippen molar-refractivity contribution in [3.05, 3.63) is 77.4 Å². The molecule has 0 spiro atoms. The fourth-order valence-electron chi connectivity index (χ4n) is 6.56. The van der Waals surface area contributed by atoms with Crippen LogP contribution in [0, 0.1) is 29.2 Å². The lowest BCUT2D eigenvalue weighted by Gasteiger charge is -2.45. The van der Waals surface area contributed by atoms with Gasteiger partial charge in [0.1, 0.15) is 22.7 Å². The number of nitrogens with zero attached hydrogens (tertiary/aromatic N) is 1. The summed E-state index contributed by atoms with van der Waals surface area (Å²) in [5, 5.41) is 0. The lowest BCUT2D eigenvalue weighted by molar-refractivity contribution is -0.130. The molecule has 3 aromatic rings. The summed E-state index contributed by atoms with van der Waals surface area (Å²) in [6, 6.07) is 13.0. The molecule has 0 bridgehead atoms. The first-order valence-corrected chi connectivity index (χ1v) is 18.4. The Balaban J connectivity index is 1.31. The highest BCUT2D eigenvalue weighted by Gasteiger charge is 2.48. The first kappa shape index (κ1) is 38.9. The molecule has 1 saturated heterocycles. The summed E-state index contributed by atoms with van der Waals surface area (Å²) in [4.78, 5) is 26.3. The minimum absolute atomic E-state index is 0.0724. The van der Waals surface area contributed by atoms with Gasteiger partial charge >= 0.3 is 5.97 Å². The summed E-state index contributed by atoms with van der Waals surface area (Å²) >= 11 is 0. The number of β-lactam (4-membered cyclic amide) rings is 1. The maximum atomic E-state index is 15.2. The number of esters is 1. The summed E-state index contributed by atoms with van der Waals surface area (Å²) in [6.07, 6.45) is 16.5. The average molecular weight is 698 g/mol. The van der Waals surface area contributed by atoms with E-state index in [2.05, 4.69) is 13.8 Å². The van der Waals surface area contributed by atoms with Gasteiger partial charge in [0.2, 0.25) is 5.91 Å². The third-order valence-corrected chi connectivity index (χ3v) is 9.62. The van der Waals surface area contributed by atoms with E-state index in [-0.39, 0.29) is 5.75 Å². The van der Waals surface area contributed by atoms with Gasteiger partial charge in [-0.1, -0.05) is 122 Å². The van der Waals surface area contributed by atoms with Gasteiger partial charge in [-0.2, -0.15) is 0 Å². The Morgan fingerprint density at radius 1 is 0.640 bits per heavy atom. The molecule has 1 heterocycles. The number of hydrogen-bond acceptors (Lipinski definition) is 4. The number of carbonyl (C=O) groups excluding carboxylic acids is 2. The summed E-state index contributed by atoms with van der Waals surface area (Å²) in [7, 11) is 0. The van der Waals surface area contributed by atoms with Crippen molar-refractivity contribution < 1.29 is 36.6 Å². The molecule has 3 aromatic carbocycles. The standard InChI is InChI=1S/C41H51F4NO4/c1-4-6-8-10-12-13-15-17-27-49-31-23-19-29(20-24-31)30-21-25-32(26-22-30)50-41(48)34-35(42)37(44)39(38(45)36(34)43)46-28(3)33(40(46)47)18-16-14-11-9-7-5-2/h19-26,28,33H,4-18,27H2,1-3H3/t28-,33+/m0/s1. The summed E-state index contributed by atoms with van der Waals surface area (Å²) in [5.41, 5.74) is -0.980. The molecule has 0 aliphatic carbocycles. The monoisotopic (exact) mass is 697 g/mol. The summed E-state index contributed by atoms with van der Waals surface area (Å²) < 4.78 is 71.7. The molecule has 2 atom stereocenters. The van der Waals surface area contributed by atoms with Crippen LogP contribution in [0.2, 0.25) is 0 Å². The number of rotatable bonds is 21. The van der Waals surface area contributed by atoms with Gasteiger partial charge in [0, 0.05) is 6.04 Å². The molecule has 0 aromatic heterocycles. The van der Waals surface area contributed by atoms with Crippen molar-refractivity contribution >= 4 is 17.6 Å². The molecule has 272 valence electrons. The van der Waals surface area contributed by atoms with Gasteiger partial charge in [-0.25, -0.2) is 22.4 Å². The van der Waals surface area contributed by atoms with Crippen molar-refractivity contribution in [2.24, 2.45) is 5.92 Å². The normalized spacial score (nSPS) is 15.7. The number of carbonyl (C=O) groups is 2. The molecular weight excluding hydrogens is 646 g/mol. The second-order valence-electron chi connectivity index (χ2n) is 13.4. The van der Waals surface area contributed by atoms with Crippen LogP contribution in [-0.2, 0) is 4.79 Å². The number of benzene rings is 3. The number of hydrogen-bond donors (Lipinski definition) is 0. The third kappa shape index (κ3) is 9.88. The Bertz CT molecular complexity index is 1510. The van der Waals surface area contributed by atoms with E-state index in [1.54, 1.807) is 19.1 Å². The van der Waals surface area contributed by atoms with E-state index in [1.165, 1.54) is 50.7 Å². The molecule has 50 heavy (non-hydrogen) atoms. The van der Waals surface area contributed by atoms with Crippen molar-refractivity contribution in [3.63, 3.8) is 0 Å². The second-order valence-corrected chi connectivity index (χ2v) is 13.4. The molecule has 0 unspecified atom stereocenters. The predicted molar refractivity (Wildman–Crippen MR) is 190 cm³/mol. The molecule has 0 radical (unpaired) electrons. The molecule has 1 aliphatic heterocycles. The highest BCUT2D eigenvalue weighted by molar-refractivity contribution is 6.03. The van der Waals surface area contributed by atoms with E-state index in [1.807, 2.05) is 24.3 Å². The van der Waals surface area contributed by atoms with Gasteiger partial charge in [-0.15, -0.1) is 0 Å². The maximum absolute atomic E-state index is 15.2. The average Bonchev–Trinajstić information content (AvgIpc) is 3.12. The molecule has 0 saturated carbocycles. The highest BCUT2D eigenvalue weighted by atomic mass is 19.2. The SMILES string of the molecule is CCCCCCCCCCOc1ccc(-c2ccc(OC(=O)c3c(F)c(F)c(N4C(=O)[C@H](CCCCCCCC)[C@@H]4C)c(F)c3F)cc2)cc1. The van der Waals surface area contributed by atoms with E-state index >= 15 is 17.6 Å². The Hall–Kier alpha value is -3.88. The van der Waals surface area contributed by atoms with Gasteiger partial charge in [0.15, 0.2) is 23.3 Å². The number of amides is 1. The van der Waals surface area contributed by atoms with Crippen LogP contribution in [0.25, 0.3) is 11.1 Å². The molecule has 1 aliphatic rings. The van der Waals surface area contributed by atoms with Gasteiger partial charge in [-0.3, -0.25) is 4.79 Å². The lowest BCUT2D eigenvalue weighted by Crippen LogP contribution is -2.60. The number of ether oxygens (including phenoxy) is 2. The lowest BCUT2D eigenvalue weighted by atomic mass is 9.83. The first-order chi connectivity index (χ1) is 24.2. The number of anilines is 1. The molecule has 9 heteroatoms. The van der Waals surface area contributed by atoms with E-state index in [9.17, 15) is 9.59 Å². The fourth-order valence-corrected chi connectivity index (χ4v) is 6.56. The van der Waals surface area contributed by atoms with Crippen LogP contribution in [0.4, 0.5) is 23.2 Å². The molecular formula is C41H51F4NO4. The largest absolute Gasteiger partial charge is 0.494 e. The zero-order valence-corrected chi connectivity index (χ0v) is 29.7. The second kappa shape index (κ2) is 19.5. The van der Waals surface area contributed by atoms with Gasteiger partial charge in [0.05, 0.1) is 12.5 Å². The number of halogens is 4. The first-order valence-electron chi connectivity index (χ1n) is 18.4. The van der Waals surface area contributed by atoms with Gasteiger partial charge in [0.25, 0.3) is 0 Å². The Morgan fingerprint density at radius 3 is 1.60 bits per heavy atom. The maximum Gasteiger partial charge on any atom is 0.349 e. The van der Waals surface area contributed by atoms with E-state index < -0.39 is 58.4 Å². The van der Waals surface area contributed by atoms with E-state index in [0.717, 1.165) is 73.1 Å². The zero-order chi connectivity index (χ0) is 36.0. The molecule has 1 amide bonds. The van der Waals surface area contributed by atoms with E-state index in [4.69, 9.17) is 9.47 Å². The van der Waals surface area contributed by atoms with Crippen molar-refractivity contribution in [3.8, 4) is 22.6 Å². The van der Waals surface area contributed by atoms with Crippen LogP contribution in [0.15, 0.2) is 48.5 Å². The Labute approximate surface area is 294 Å². The molecule has 1 fully saturated rings. The zero-order valence-electron chi connectivity index (χ0n) is 29.7. The quantitative estimate of drug-likeness (QED) is 0.0278. The minimum Gasteiger partial charge on any atom is -0.494 e. The van der Waals surface area contributed by atoms with Gasteiger partial charge in [-0.05, 0) is 55.2 Å². The topological polar surface area (TPSA) is 55.8 Å². The fraction of sp³-hybridized carbons (Fsp3) is 0.512. The molecule has 4 rings (SSSR count). The van der Waals surface area contributed by atoms with Crippen LogP contribution in [0.3, 0.4) is 0 Å². The minimum atomic E-state index is -1.91. The summed E-state index contributed by atoms with van der Waals surface area (Å²) in [6.45, 7) is 6.58. The number of unbranched alkanes of at least 4 members (excludes halogenated alkanes) is 12. The molecule has 5 nitrogen and oxygen atoms in total. The third-order valence-electron chi connectivity index (χ3n) is 9.62. The van der Waals surface area contributed by atoms with E-state index in [0.29, 0.717) is 13.0 Å². The van der Waals surface area contributed by atoms with Crippen molar-refractivity contribution in [1.29, 1.82) is 0 Å².